The first-order chi connectivity index (χ1) is 9.13. The van der Waals surface area contributed by atoms with E-state index in [0.29, 0.717) is 12.3 Å². The molecular formula is C15H19N2O2+. The van der Waals surface area contributed by atoms with Gasteiger partial charge in [-0.05, 0) is 19.4 Å². The fourth-order valence-electron chi connectivity index (χ4n) is 2.12. The van der Waals surface area contributed by atoms with Crippen molar-refractivity contribution in [3.05, 3.63) is 54.1 Å². The van der Waals surface area contributed by atoms with Crippen LogP contribution in [0.2, 0.25) is 0 Å². The summed E-state index contributed by atoms with van der Waals surface area (Å²) in [6.07, 6.45) is 3.70. The average Bonchev–Trinajstić information content (AvgIpc) is 2.81. The monoisotopic (exact) mass is 259 g/mol. The molecule has 0 bridgehead atoms. The van der Waals surface area contributed by atoms with E-state index < -0.39 is 0 Å². The van der Waals surface area contributed by atoms with Gasteiger partial charge in [0.1, 0.15) is 12.2 Å². The lowest BCUT2D eigenvalue weighted by Gasteiger charge is -2.10. The highest BCUT2D eigenvalue weighted by molar-refractivity contribution is 5.87. The lowest BCUT2D eigenvalue weighted by molar-refractivity contribution is -0.671. The van der Waals surface area contributed by atoms with Crippen molar-refractivity contribution in [2.24, 2.45) is 7.05 Å². The van der Waals surface area contributed by atoms with Crippen molar-refractivity contribution in [1.29, 1.82) is 0 Å². The van der Waals surface area contributed by atoms with Gasteiger partial charge < -0.3 is 4.74 Å². The minimum absolute atomic E-state index is 0.0850. The van der Waals surface area contributed by atoms with Crippen molar-refractivity contribution in [2.45, 2.75) is 19.9 Å². The van der Waals surface area contributed by atoms with Crippen molar-refractivity contribution in [2.75, 3.05) is 6.61 Å². The van der Waals surface area contributed by atoms with Crippen molar-refractivity contribution in [1.82, 2.24) is 4.57 Å². The highest BCUT2D eigenvalue weighted by atomic mass is 16.5. The largest absolute Gasteiger partial charge is 0.460 e. The van der Waals surface area contributed by atoms with E-state index in [1.54, 1.807) is 6.20 Å². The van der Waals surface area contributed by atoms with E-state index in [-0.39, 0.29) is 12.0 Å². The third-order valence-electron chi connectivity index (χ3n) is 3.09. The number of carbonyl (C=O) groups excluding carboxylic acids is 1. The van der Waals surface area contributed by atoms with Gasteiger partial charge >= 0.3 is 5.97 Å². The maximum Gasteiger partial charge on any atom is 0.382 e. The zero-order valence-electron chi connectivity index (χ0n) is 11.5. The Balaban J connectivity index is 2.37. The number of aromatic nitrogens is 2. The zero-order valence-corrected chi connectivity index (χ0v) is 11.5. The number of aryl methyl sites for hydroxylation is 1. The lowest BCUT2D eigenvalue weighted by Crippen LogP contribution is -2.24. The van der Waals surface area contributed by atoms with Crippen LogP contribution in [-0.4, -0.2) is 17.1 Å². The summed E-state index contributed by atoms with van der Waals surface area (Å²) in [4.78, 5) is 12.0. The van der Waals surface area contributed by atoms with E-state index in [1.807, 2.05) is 47.6 Å². The third-order valence-corrected chi connectivity index (χ3v) is 3.09. The highest BCUT2D eigenvalue weighted by Gasteiger charge is 2.25. The number of benzene rings is 1. The van der Waals surface area contributed by atoms with E-state index in [9.17, 15) is 4.79 Å². The average molecular weight is 259 g/mol. The van der Waals surface area contributed by atoms with Gasteiger partial charge in [0.15, 0.2) is 0 Å². The molecule has 0 aliphatic carbocycles. The number of esters is 1. The molecule has 0 aliphatic heterocycles. The third kappa shape index (κ3) is 2.84. The Morgan fingerprint density at radius 3 is 2.68 bits per heavy atom. The Kier molecular flexibility index (Phi) is 4.00. The quantitative estimate of drug-likeness (QED) is 0.622. The van der Waals surface area contributed by atoms with Crippen LogP contribution in [0, 0.1) is 0 Å². The number of carbonyl (C=O) groups is 1. The minimum Gasteiger partial charge on any atom is -0.460 e. The molecule has 0 spiro atoms. The van der Waals surface area contributed by atoms with Crippen molar-refractivity contribution >= 4 is 5.97 Å². The second-order valence-electron chi connectivity index (χ2n) is 4.51. The topological polar surface area (TPSA) is 35.1 Å². The maximum absolute atomic E-state index is 12.0. The van der Waals surface area contributed by atoms with Crippen LogP contribution in [0.3, 0.4) is 0 Å². The number of hydrogen-bond acceptors (Lipinski definition) is 2. The van der Waals surface area contributed by atoms with Gasteiger partial charge in [-0.15, -0.1) is 0 Å². The second kappa shape index (κ2) is 5.69. The SMILES string of the molecule is CCOC(=O)c1c[n+](C)cn1C(C)c1ccccc1. The molecule has 2 aromatic rings. The molecule has 1 atom stereocenters. The summed E-state index contributed by atoms with van der Waals surface area (Å²) in [5.74, 6) is -0.286. The van der Waals surface area contributed by atoms with Crippen LogP contribution in [-0.2, 0) is 11.8 Å². The Morgan fingerprint density at radius 2 is 2.05 bits per heavy atom. The highest BCUT2D eigenvalue weighted by Crippen LogP contribution is 2.19. The first-order valence-corrected chi connectivity index (χ1v) is 6.42. The van der Waals surface area contributed by atoms with Gasteiger partial charge in [-0.25, -0.2) is 13.9 Å². The molecule has 0 fully saturated rings. The fourth-order valence-corrected chi connectivity index (χ4v) is 2.12. The van der Waals surface area contributed by atoms with Crippen LogP contribution in [0.5, 0.6) is 0 Å². The van der Waals surface area contributed by atoms with Crippen LogP contribution in [0.25, 0.3) is 0 Å². The van der Waals surface area contributed by atoms with E-state index in [0.717, 1.165) is 5.56 Å². The molecule has 19 heavy (non-hydrogen) atoms. The number of rotatable bonds is 4. The van der Waals surface area contributed by atoms with Crippen LogP contribution in [0.4, 0.5) is 0 Å². The standard InChI is InChI=1S/C15H19N2O2/c1-4-19-15(18)14-10-16(3)11-17(14)12(2)13-8-6-5-7-9-13/h5-12H,4H2,1-3H3/q+1. The molecule has 1 aromatic carbocycles. The van der Waals surface area contributed by atoms with Crippen LogP contribution in [0.15, 0.2) is 42.9 Å². The molecule has 0 aliphatic rings. The summed E-state index contributed by atoms with van der Waals surface area (Å²) in [7, 11) is 1.90. The van der Waals surface area contributed by atoms with E-state index in [2.05, 4.69) is 19.1 Å². The number of imidazole rings is 1. The van der Waals surface area contributed by atoms with Crippen molar-refractivity contribution < 1.29 is 14.1 Å². The van der Waals surface area contributed by atoms with Crippen LogP contribution in [0.1, 0.15) is 35.9 Å². The Morgan fingerprint density at radius 1 is 1.37 bits per heavy atom. The van der Waals surface area contributed by atoms with E-state index >= 15 is 0 Å². The summed E-state index contributed by atoms with van der Waals surface area (Å²) in [6, 6.07) is 10.2. The van der Waals surface area contributed by atoms with Gasteiger partial charge in [0.05, 0.1) is 13.7 Å². The van der Waals surface area contributed by atoms with Gasteiger partial charge in [0.25, 0.3) is 5.69 Å². The van der Waals surface area contributed by atoms with Gasteiger partial charge in [-0.3, -0.25) is 0 Å². The molecule has 2 rings (SSSR count). The second-order valence-corrected chi connectivity index (χ2v) is 4.51. The molecular weight excluding hydrogens is 240 g/mol. The molecule has 0 N–H and O–H groups in total. The van der Waals surface area contributed by atoms with Gasteiger partial charge in [0, 0.05) is 0 Å². The fraction of sp³-hybridized carbons (Fsp3) is 0.333. The first-order valence-electron chi connectivity index (χ1n) is 6.42. The molecule has 1 heterocycles. The Bertz CT molecular complexity index is 561. The van der Waals surface area contributed by atoms with Crippen LogP contribution < -0.4 is 4.57 Å². The van der Waals surface area contributed by atoms with E-state index in [4.69, 9.17) is 4.74 Å². The molecule has 1 unspecified atom stereocenters. The predicted molar refractivity (Wildman–Crippen MR) is 71.8 cm³/mol. The summed E-state index contributed by atoms with van der Waals surface area (Å²) in [5, 5.41) is 0. The normalized spacial score (nSPS) is 12.2. The molecule has 0 amide bonds. The summed E-state index contributed by atoms with van der Waals surface area (Å²) in [5.41, 5.74) is 1.73. The van der Waals surface area contributed by atoms with E-state index in [1.165, 1.54) is 0 Å². The molecule has 0 radical (unpaired) electrons. The van der Waals surface area contributed by atoms with Crippen molar-refractivity contribution in [3.8, 4) is 0 Å². The minimum atomic E-state index is -0.286. The van der Waals surface area contributed by atoms with Crippen LogP contribution >= 0.6 is 0 Å². The van der Waals surface area contributed by atoms with Gasteiger partial charge in [0.2, 0.25) is 6.33 Å². The molecule has 0 saturated heterocycles. The molecule has 4 heteroatoms. The van der Waals surface area contributed by atoms with Gasteiger partial charge in [-0.1, -0.05) is 30.3 Å². The summed E-state index contributed by atoms with van der Waals surface area (Å²) >= 11 is 0. The number of nitrogens with zero attached hydrogens (tertiary/aromatic N) is 2. The molecule has 100 valence electrons. The summed E-state index contributed by atoms with van der Waals surface area (Å²) < 4.78 is 8.90. The zero-order chi connectivity index (χ0) is 13.8. The molecule has 1 aromatic heterocycles. The Labute approximate surface area is 113 Å². The van der Waals surface area contributed by atoms with Gasteiger partial charge in [-0.2, -0.15) is 0 Å². The number of hydrogen-bond donors (Lipinski definition) is 0. The first kappa shape index (κ1) is 13.3. The molecule has 4 nitrogen and oxygen atoms in total. The number of ether oxygens (including phenoxy) is 1. The van der Waals surface area contributed by atoms with Crippen molar-refractivity contribution in [3.63, 3.8) is 0 Å². The predicted octanol–water partition coefficient (Wildman–Crippen LogP) is 2.10. The lowest BCUT2D eigenvalue weighted by atomic mass is 10.1. The summed E-state index contributed by atoms with van der Waals surface area (Å²) in [6.45, 7) is 4.26. The smallest absolute Gasteiger partial charge is 0.382 e. The Hall–Kier alpha value is -2.10. The maximum atomic E-state index is 12.0. The molecule has 0 saturated carbocycles.